The summed E-state index contributed by atoms with van der Waals surface area (Å²) in [6, 6.07) is 15.3. The Balaban J connectivity index is 1.49. The molecule has 0 bridgehead atoms. The molecule has 0 saturated carbocycles. The molecule has 7 heteroatoms. The first kappa shape index (κ1) is 18.9. The standard InChI is InChI=1S/C25H23N5O2/c1-15-7-8-19-16(11-15)12-21(27-19)23(31)30-10-9-25(22(30)17-13-26-29(2)14-17)18-5-3-4-6-20(18)28-24(25)32/h3-8,11-14,22,27H,9-10H2,1-2H3,(H,28,32). The number of aromatic amines is 1. The Kier molecular flexibility index (Phi) is 3.87. The second-order valence-corrected chi connectivity index (χ2v) is 8.84. The number of rotatable bonds is 2. The molecular formula is C25H23N5O2. The fourth-order valence-corrected chi connectivity index (χ4v) is 5.47. The van der Waals surface area contributed by atoms with Crippen LogP contribution in [0.15, 0.2) is 60.9 Å². The van der Waals surface area contributed by atoms with Crippen molar-refractivity contribution in [3.63, 3.8) is 0 Å². The molecule has 0 radical (unpaired) electrons. The largest absolute Gasteiger partial charge is 0.351 e. The topological polar surface area (TPSA) is 83.0 Å². The van der Waals surface area contributed by atoms with Gasteiger partial charge in [0, 0.05) is 41.9 Å². The number of hydrogen-bond donors (Lipinski definition) is 2. The van der Waals surface area contributed by atoms with E-state index in [1.54, 1.807) is 10.9 Å². The van der Waals surface area contributed by atoms with Gasteiger partial charge < -0.3 is 15.2 Å². The average molecular weight is 425 g/mol. The molecule has 2 atom stereocenters. The first-order valence-corrected chi connectivity index (χ1v) is 10.8. The number of carbonyl (C=O) groups is 2. The summed E-state index contributed by atoms with van der Waals surface area (Å²) in [6.45, 7) is 2.52. The number of fused-ring (bicyclic) bond motifs is 3. The number of nitrogens with zero attached hydrogens (tertiary/aromatic N) is 3. The molecule has 2 aromatic carbocycles. The highest BCUT2D eigenvalue weighted by molar-refractivity contribution is 6.08. The summed E-state index contributed by atoms with van der Waals surface area (Å²) < 4.78 is 1.72. The van der Waals surface area contributed by atoms with Gasteiger partial charge in [-0.1, -0.05) is 29.8 Å². The summed E-state index contributed by atoms with van der Waals surface area (Å²) in [4.78, 5) is 32.3. The Morgan fingerprint density at radius 2 is 2.03 bits per heavy atom. The van der Waals surface area contributed by atoms with E-state index >= 15 is 0 Å². The normalized spacial score (nSPS) is 22.0. The third-order valence-electron chi connectivity index (χ3n) is 6.89. The lowest BCUT2D eigenvalue weighted by Gasteiger charge is -2.33. The number of hydrogen-bond acceptors (Lipinski definition) is 3. The van der Waals surface area contributed by atoms with Crippen molar-refractivity contribution in [2.45, 2.75) is 24.8 Å². The Hall–Kier alpha value is -3.87. The van der Waals surface area contributed by atoms with Gasteiger partial charge in [0.25, 0.3) is 5.91 Å². The summed E-state index contributed by atoms with van der Waals surface area (Å²) in [5.41, 5.74) is 4.39. The van der Waals surface area contributed by atoms with Crippen LogP contribution in [0.4, 0.5) is 5.69 Å². The lowest BCUT2D eigenvalue weighted by molar-refractivity contribution is -0.121. The summed E-state index contributed by atoms with van der Waals surface area (Å²) in [5, 5.41) is 8.40. The zero-order valence-electron chi connectivity index (χ0n) is 17.9. The lowest BCUT2D eigenvalue weighted by Crippen LogP contribution is -2.42. The predicted molar refractivity (Wildman–Crippen MR) is 121 cm³/mol. The Bertz CT molecular complexity index is 1400. The van der Waals surface area contributed by atoms with Gasteiger partial charge in [-0.25, -0.2) is 0 Å². The van der Waals surface area contributed by atoms with Crippen LogP contribution in [-0.2, 0) is 17.3 Å². The molecule has 1 fully saturated rings. The molecule has 2 aliphatic heterocycles. The van der Waals surface area contributed by atoms with Crippen molar-refractivity contribution < 1.29 is 9.59 Å². The van der Waals surface area contributed by atoms with Gasteiger partial charge in [0.1, 0.15) is 11.1 Å². The number of likely N-dealkylation sites (tertiary alicyclic amines) is 1. The minimum absolute atomic E-state index is 0.0601. The summed E-state index contributed by atoms with van der Waals surface area (Å²) >= 11 is 0. The van der Waals surface area contributed by atoms with E-state index in [4.69, 9.17) is 0 Å². The van der Waals surface area contributed by atoms with E-state index in [9.17, 15) is 9.59 Å². The monoisotopic (exact) mass is 425 g/mol. The van der Waals surface area contributed by atoms with E-state index in [-0.39, 0.29) is 11.8 Å². The molecule has 2 aromatic heterocycles. The molecule has 2 aliphatic rings. The van der Waals surface area contributed by atoms with E-state index in [0.717, 1.165) is 33.3 Å². The van der Waals surface area contributed by atoms with Crippen molar-refractivity contribution in [2.75, 3.05) is 11.9 Å². The first-order valence-electron chi connectivity index (χ1n) is 10.8. The van der Waals surface area contributed by atoms with Gasteiger partial charge in [0.15, 0.2) is 0 Å². The number of H-pyrrole nitrogens is 1. The molecule has 7 nitrogen and oxygen atoms in total. The second-order valence-electron chi connectivity index (χ2n) is 8.84. The van der Waals surface area contributed by atoms with E-state index < -0.39 is 11.5 Å². The Morgan fingerprint density at radius 3 is 2.84 bits per heavy atom. The number of anilines is 1. The maximum absolute atomic E-state index is 13.8. The average Bonchev–Trinajstić information content (AvgIpc) is 3.53. The molecule has 160 valence electrons. The minimum Gasteiger partial charge on any atom is -0.351 e. The number of benzene rings is 2. The zero-order valence-corrected chi connectivity index (χ0v) is 17.9. The molecule has 0 aliphatic carbocycles. The summed E-state index contributed by atoms with van der Waals surface area (Å²) in [5.74, 6) is -0.170. The van der Waals surface area contributed by atoms with E-state index in [2.05, 4.69) is 21.5 Å². The molecule has 4 aromatic rings. The number of nitrogens with one attached hydrogen (secondary N) is 2. The van der Waals surface area contributed by atoms with Crippen molar-refractivity contribution in [2.24, 2.45) is 7.05 Å². The fourth-order valence-electron chi connectivity index (χ4n) is 5.47. The van der Waals surface area contributed by atoms with Crippen LogP contribution in [0.2, 0.25) is 0 Å². The highest BCUT2D eigenvalue weighted by Crippen LogP contribution is 2.54. The Labute approximate surface area is 185 Å². The van der Waals surface area contributed by atoms with Crippen molar-refractivity contribution in [3.8, 4) is 0 Å². The van der Waals surface area contributed by atoms with Crippen LogP contribution in [0.5, 0.6) is 0 Å². The maximum Gasteiger partial charge on any atom is 0.270 e. The van der Waals surface area contributed by atoms with E-state index in [1.165, 1.54) is 0 Å². The van der Waals surface area contributed by atoms with Gasteiger partial charge in [-0.2, -0.15) is 5.10 Å². The fraction of sp³-hybridized carbons (Fsp3) is 0.240. The van der Waals surface area contributed by atoms with Crippen LogP contribution in [0.25, 0.3) is 10.9 Å². The highest BCUT2D eigenvalue weighted by Gasteiger charge is 2.59. The molecule has 32 heavy (non-hydrogen) atoms. The third kappa shape index (κ3) is 2.51. The van der Waals surface area contributed by atoms with Gasteiger partial charge >= 0.3 is 0 Å². The molecule has 2 amide bonds. The van der Waals surface area contributed by atoms with Crippen LogP contribution in [0, 0.1) is 6.92 Å². The number of aryl methyl sites for hydroxylation is 2. The van der Waals surface area contributed by atoms with Crippen LogP contribution in [-0.4, -0.2) is 38.0 Å². The highest BCUT2D eigenvalue weighted by atomic mass is 16.2. The zero-order chi connectivity index (χ0) is 22.0. The van der Waals surface area contributed by atoms with Crippen molar-refractivity contribution in [1.82, 2.24) is 19.7 Å². The maximum atomic E-state index is 13.8. The quantitative estimate of drug-likeness (QED) is 0.514. The number of carbonyl (C=O) groups excluding carboxylic acids is 2. The minimum atomic E-state index is -0.835. The molecule has 2 N–H and O–H groups in total. The van der Waals surface area contributed by atoms with Gasteiger partial charge in [-0.15, -0.1) is 0 Å². The molecule has 6 rings (SSSR count). The SMILES string of the molecule is Cc1ccc2[nH]c(C(=O)N3CCC4(C(=O)Nc5ccccc54)C3c3cnn(C)c3)cc2c1. The summed E-state index contributed by atoms with van der Waals surface area (Å²) in [6.07, 6.45) is 4.22. The lowest BCUT2D eigenvalue weighted by atomic mass is 9.73. The van der Waals surface area contributed by atoms with Gasteiger partial charge in [-0.3, -0.25) is 14.3 Å². The Morgan fingerprint density at radius 1 is 1.19 bits per heavy atom. The third-order valence-corrected chi connectivity index (χ3v) is 6.89. The number of amides is 2. The summed E-state index contributed by atoms with van der Waals surface area (Å²) in [7, 11) is 1.85. The molecule has 4 heterocycles. The smallest absolute Gasteiger partial charge is 0.270 e. The van der Waals surface area contributed by atoms with Crippen molar-refractivity contribution in [3.05, 3.63) is 83.3 Å². The number of aromatic nitrogens is 3. The first-order chi connectivity index (χ1) is 15.5. The van der Waals surface area contributed by atoms with E-state index in [1.807, 2.05) is 67.5 Å². The molecule has 2 unspecified atom stereocenters. The van der Waals surface area contributed by atoms with Crippen LogP contribution < -0.4 is 5.32 Å². The van der Waals surface area contributed by atoms with Crippen LogP contribution >= 0.6 is 0 Å². The van der Waals surface area contributed by atoms with Gasteiger partial charge in [0.2, 0.25) is 5.91 Å². The van der Waals surface area contributed by atoms with Crippen LogP contribution in [0.1, 0.15) is 39.6 Å². The second kappa shape index (κ2) is 6.56. The van der Waals surface area contributed by atoms with Crippen molar-refractivity contribution in [1.29, 1.82) is 0 Å². The van der Waals surface area contributed by atoms with Crippen LogP contribution in [0.3, 0.4) is 0 Å². The molecular weight excluding hydrogens is 402 g/mol. The predicted octanol–water partition coefficient (Wildman–Crippen LogP) is 3.69. The van der Waals surface area contributed by atoms with Gasteiger partial charge in [-0.05, 0) is 43.2 Å². The molecule has 1 spiro atoms. The van der Waals surface area contributed by atoms with Gasteiger partial charge in [0.05, 0.1) is 12.2 Å². The van der Waals surface area contributed by atoms with Crippen molar-refractivity contribution >= 4 is 28.4 Å². The van der Waals surface area contributed by atoms with E-state index in [0.29, 0.717) is 18.7 Å². The number of para-hydroxylation sites is 1. The molecule has 1 saturated heterocycles.